The number of amides is 1. The second-order valence-corrected chi connectivity index (χ2v) is 4.58. The third-order valence-electron chi connectivity index (χ3n) is 3.93. The number of piperidine rings is 1. The average molecular weight is 302 g/mol. The monoisotopic (exact) mass is 302 g/mol. The summed E-state index contributed by atoms with van der Waals surface area (Å²) in [5.74, 6) is 0.223. The van der Waals surface area contributed by atoms with Gasteiger partial charge in [0, 0.05) is 46.2 Å². The molecular formula is C12H25N2OY+. The third-order valence-corrected chi connectivity index (χ3v) is 3.93. The first-order valence-corrected chi connectivity index (χ1v) is 6.27. The molecule has 0 aromatic carbocycles. The average Bonchev–Trinajstić information content (AvgIpc) is 2.30. The molecule has 1 rings (SSSR count). The van der Waals surface area contributed by atoms with Gasteiger partial charge in [0.1, 0.15) is 0 Å². The van der Waals surface area contributed by atoms with Crippen molar-refractivity contribution in [2.75, 3.05) is 26.7 Å². The van der Waals surface area contributed by atoms with Crippen molar-refractivity contribution < 1.29 is 42.0 Å². The van der Waals surface area contributed by atoms with Gasteiger partial charge in [-0.1, -0.05) is 6.92 Å². The zero-order chi connectivity index (χ0) is 11.3. The fourth-order valence-electron chi connectivity index (χ4n) is 2.98. The molecule has 1 aliphatic rings. The maximum atomic E-state index is 11.9. The van der Waals surface area contributed by atoms with E-state index in [0.717, 1.165) is 17.4 Å². The first-order chi connectivity index (χ1) is 7.20. The number of nitrogens with one attached hydrogen (secondary N) is 1. The van der Waals surface area contributed by atoms with Crippen LogP contribution in [0.3, 0.4) is 0 Å². The molecule has 1 saturated heterocycles. The van der Waals surface area contributed by atoms with Crippen molar-refractivity contribution in [1.29, 1.82) is 0 Å². The zero-order valence-corrected chi connectivity index (χ0v) is 13.8. The van der Waals surface area contributed by atoms with Crippen LogP contribution in [0.1, 0.15) is 39.5 Å². The van der Waals surface area contributed by atoms with Crippen molar-refractivity contribution in [2.45, 2.75) is 45.6 Å². The van der Waals surface area contributed by atoms with Gasteiger partial charge in [-0.25, -0.2) is 0 Å². The summed E-state index contributed by atoms with van der Waals surface area (Å²) in [5.41, 5.74) is 0. The van der Waals surface area contributed by atoms with E-state index >= 15 is 0 Å². The summed E-state index contributed by atoms with van der Waals surface area (Å²) in [7, 11) is 1.75. The van der Waals surface area contributed by atoms with Crippen molar-refractivity contribution >= 4 is 5.91 Å². The molecule has 1 atom stereocenters. The summed E-state index contributed by atoms with van der Waals surface area (Å²) in [6, 6.07) is 0.167. The van der Waals surface area contributed by atoms with E-state index in [0.29, 0.717) is 0 Å². The van der Waals surface area contributed by atoms with Crippen molar-refractivity contribution in [3.8, 4) is 0 Å². The van der Waals surface area contributed by atoms with Crippen LogP contribution in [0, 0.1) is 0 Å². The van der Waals surface area contributed by atoms with E-state index in [1.165, 1.54) is 32.4 Å². The molecule has 0 aromatic rings. The molecule has 1 heterocycles. The van der Waals surface area contributed by atoms with Crippen molar-refractivity contribution in [1.82, 2.24) is 5.32 Å². The molecule has 1 amide bonds. The van der Waals surface area contributed by atoms with Crippen LogP contribution in [0.2, 0.25) is 0 Å². The van der Waals surface area contributed by atoms with Crippen LogP contribution in [0.25, 0.3) is 0 Å². The van der Waals surface area contributed by atoms with Crippen LogP contribution in [-0.4, -0.2) is 43.1 Å². The van der Waals surface area contributed by atoms with Gasteiger partial charge in [0.25, 0.3) is 5.91 Å². The number of quaternary nitrogens is 1. The number of hydrogen-bond acceptors (Lipinski definition) is 1. The number of rotatable bonds is 4. The van der Waals surface area contributed by atoms with Gasteiger partial charge in [0.05, 0.1) is 19.6 Å². The number of nitrogens with zero attached hydrogens (tertiary/aromatic N) is 1. The van der Waals surface area contributed by atoms with Crippen LogP contribution >= 0.6 is 0 Å². The Balaban J connectivity index is 0.00000225. The van der Waals surface area contributed by atoms with E-state index in [2.05, 4.69) is 19.2 Å². The van der Waals surface area contributed by atoms with E-state index in [9.17, 15) is 4.79 Å². The van der Waals surface area contributed by atoms with Gasteiger partial charge in [-0.05, 0) is 26.2 Å². The molecule has 16 heavy (non-hydrogen) atoms. The van der Waals surface area contributed by atoms with Gasteiger partial charge in [0.15, 0.2) is 6.04 Å². The quantitative estimate of drug-likeness (QED) is 0.784. The molecule has 4 heteroatoms. The summed E-state index contributed by atoms with van der Waals surface area (Å²) in [4.78, 5) is 11.9. The third kappa shape index (κ3) is 3.51. The van der Waals surface area contributed by atoms with Gasteiger partial charge < -0.3 is 9.80 Å². The molecule has 0 saturated carbocycles. The Bertz CT molecular complexity index is 215. The maximum absolute atomic E-state index is 11.9. The summed E-state index contributed by atoms with van der Waals surface area (Å²) >= 11 is 0. The Morgan fingerprint density at radius 2 is 1.81 bits per heavy atom. The first-order valence-electron chi connectivity index (χ1n) is 6.27. The molecule has 3 nitrogen and oxygen atoms in total. The number of carbonyl (C=O) groups excluding carboxylic acids is 1. The Morgan fingerprint density at radius 3 is 2.19 bits per heavy atom. The van der Waals surface area contributed by atoms with Crippen molar-refractivity contribution in [2.24, 2.45) is 0 Å². The Labute approximate surface area is 125 Å². The smallest absolute Gasteiger partial charge is 0.278 e. The minimum Gasteiger partial charge on any atom is -0.354 e. The summed E-state index contributed by atoms with van der Waals surface area (Å²) in [5, 5.41) is 2.82. The molecule has 0 aliphatic carbocycles. The van der Waals surface area contributed by atoms with Gasteiger partial charge in [-0.15, -0.1) is 0 Å². The largest absolute Gasteiger partial charge is 0.354 e. The zero-order valence-electron chi connectivity index (χ0n) is 11.0. The fraction of sp³-hybridized carbons (Fsp3) is 0.917. The second kappa shape index (κ2) is 7.78. The van der Waals surface area contributed by atoms with Crippen molar-refractivity contribution in [3.05, 3.63) is 0 Å². The standard InChI is InChI=1S/C12H24N2O.Y/c1-4-11(12(15)13-3)14(5-2)9-7-6-8-10-14;/h11H,4-10H2,1-3H3;/p+1. The topological polar surface area (TPSA) is 29.1 Å². The summed E-state index contributed by atoms with van der Waals surface area (Å²) in [6.07, 6.45) is 4.85. The molecule has 0 spiro atoms. The Morgan fingerprint density at radius 1 is 1.25 bits per heavy atom. The van der Waals surface area contributed by atoms with Crippen LogP contribution < -0.4 is 5.32 Å². The van der Waals surface area contributed by atoms with Crippen LogP contribution in [0.15, 0.2) is 0 Å². The van der Waals surface area contributed by atoms with Gasteiger partial charge in [0.2, 0.25) is 0 Å². The molecule has 1 N–H and O–H groups in total. The van der Waals surface area contributed by atoms with E-state index in [-0.39, 0.29) is 44.7 Å². The fourth-order valence-corrected chi connectivity index (χ4v) is 2.98. The SMILES string of the molecule is CCC(C(=O)NC)[N+]1(CC)CCCCC1.[Y]. The second-order valence-electron chi connectivity index (χ2n) is 4.58. The molecule has 91 valence electrons. The molecule has 1 unspecified atom stereocenters. The molecule has 0 aromatic heterocycles. The van der Waals surface area contributed by atoms with Gasteiger partial charge in [-0.3, -0.25) is 4.79 Å². The van der Waals surface area contributed by atoms with E-state index in [1.54, 1.807) is 7.05 Å². The Hall–Kier alpha value is 0.534. The molecular weight excluding hydrogens is 277 g/mol. The number of carbonyl (C=O) groups is 1. The number of likely N-dealkylation sites (tertiary alicyclic amines) is 1. The minimum atomic E-state index is 0. The molecule has 1 radical (unpaired) electrons. The number of likely N-dealkylation sites (N-methyl/N-ethyl adjacent to an activating group) is 2. The first kappa shape index (κ1) is 16.5. The van der Waals surface area contributed by atoms with E-state index in [4.69, 9.17) is 0 Å². The van der Waals surface area contributed by atoms with E-state index in [1.807, 2.05) is 0 Å². The summed E-state index contributed by atoms with van der Waals surface area (Å²) < 4.78 is 1.01. The van der Waals surface area contributed by atoms with Gasteiger partial charge in [-0.2, -0.15) is 0 Å². The van der Waals surface area contributed by atoms with Gasteiger partial charge >= 0.3 is 0 Å². The normalized spacial score (nSPS) is 20.7. The van der Waals surface area contributed by atoms with Crippen LogP contribution in [-0.2, 0) is 37.5 Å². The summed E-state index contributed by atoms with van der Waals surface area (Å²) in [6.45, 7) is 7.80. The minimum absolute atomic E-state index is 0. The molecule has 0 bridgehead atoms. The van der Waals surface area contributed by atoms with Crippen LogP contribution in [0.4, 0.5) is 0 Å². The van der Waals surface area contributed by atoms with Crippen molar-refractivity contribution in [3.63, 3.8) is 0 Å². The Kier molecular flexibility index (Phi) is 8.04. The predicted octanol–water partition coefficient (Wildman–Crippen LogP) is 1.53. The van der Waals surface area contributed by atoms with Crippen LogP contribution in [0.5, 0.6) is 0 Å². The maximum Gasteiger partial charge on any atom is 0.278 e. The molecule has 1 aliphatic heterocycles. The number of hydrogen-bond donors (Lipinski definition) is 1. The molecule has 1 fully saturated rings. The van der Waals surface area contributed by atoms with E-state index < -0.39 is 0 Å². The predicted molar refractivity (Wildman–Crippen MR) is 62.5 cm³/mol.